The second kappa shape index (κ2) is 29.6. The predicted molar refractivity (Wildman–Crippen MR) is 422 cm³/mol. The Balaban J connectivity index is 1.18. The highest BCUT2D eigenvalue weighted by molar-refractivity contribution is 6.45. The molecular formula is C90H80Cl2N2O16. The van der Waals surface area contributed by atoms with Gasteiger partial charge in [-0.05, 0) is 128 Å². The van der Waals surface area contributed by atoms with Crippen LogP contribution in [0.1, 0.15) is 170 Å². The first-order chi connectivity index (χ1) is 52.1. The van der Waals surface area contributed by atoms with Crippen LogP contribution in [-0.4, -0.2) is 83.7 Å². The molecule has 0 saturated heterocycles. The lowest BCUT2D eigenvalue weighted by atomic mass is 9.80. The SMILES string of the molecule is C=C(Cl)C(=O)OCCOC(=O)C(c1ccccc1)N1C(=O)c2cc(Oc3ccc(C(C)(C)C)cc3)c3c4c(Oc5ccc(C(C)(C)C)cc5)cc5c6c(cc(Oc7ccc(C(C)(C)C)cc7)c(c7c(Oc8ccc(C(C)(C)C)cc8)cc(c2c37)C1=O)c64)C(=O)N(C(C(=O)OCCOC(=O)C(=C)Cl)c1ccccc1)C5=O. The molecule has 0 saturated carbocycles. The number of esters is 4. The highest BCUT2D eigenvalue weighted by Gasteiger charge is 2.48. The third-order valence-electron chi connectivity index (χ3n) is 19.5. The molecule has 0 aliphatic carbocycles. The summed E-state index contributed by atoms with van der Waals surface area (Å²) in [5.74, 6) is -6.76. The number of hydrogen-bond donors (Lipinski definition) is 0. The van der Waals surface area contributed by atoms with Crippen LogP contribution in [0.5, 0.6) is 46.0 Å². The van der Waals surface area contributed by atoms with Gasteiger partial charge in [0, 0.05) is 43.1 Å². The molecule has 0 radical (unpaired) electrons. The van der Waals surface area contributed by atoms with Gasteiger partial charge in [0.05, 0.1) is 22.3 Å². The highest BCUT2D eigenvalue weighted by Crippen LogP contribution is 2.59. The van der Waals surface area contributed by atoms with Gasteiger partial charge < -0.3 is 37.9 Å². The largest absolute Gasteiger partial charge is 0.460 e. The molecule has 0 spiro atoms. The first kappa shape index (κ1) is 76.3. The number of hydrogen-bond acceptors (Lipinski definition) is 16. The van der Waals surface area contributed by atoms with E-state index in [4.69, 9.17) is 61.1 Å². The van der Waals surface area contributed by atoms with Crippen LogP contribution in [0.4, 0.5) is 0 Å². The second-order valence-corrected chi connectivity index (χ2v) is 32.1. The Hall–Kier alpha value is -11.9. The Bertz CT molecular complexity index is 4980. The quantitative estimate of drug-likeness (QED) is 0.0117. The summed E-state index contributed by atoms with van der Waals surface area (Å²) in [6.45, 7) is 29.7. The zero-order valence-corrected chi connectivity index (χ0v) is 64.4. The Morgan fingerprint density at radius 3 is 0.773 bits per heavy atom. The normalized spacial score (nSPS) is 13.7. The van der Waals surface area contributed by atoms with Crippen molar-refractivity contribution in [3.8, 4) is 46.0 Å². The lowest BCUT2D eigenvalue weighted by Crippen LogP contribution is -2.46. The number of rotatable bonds is 22. The number of halogens is 2. The van der Waals surface area contributed by atoms with Gasteiger partial charge in [-0.3, -0.25) is 29.0 Å². The molecule has 2 aliphatic heterocycles. The summed E-state index contributed by atoms with van der Waals surface area (Å²) >= 11 is 11.6. The molecule has 110 heavy (non-hydrogen) atoms. The summed E-state index contributed by atoms with van der Waals surface area (Å²) in [5.41, 5.74) is 2.45. The molecule has 11 aromatic carbocycles. The van der Waals surface area contributed by atoms with Gasteiger partial charge in [0.2, 0.25) is 0 Å². The van der Waals surface area contributed by atoms with Crippen molar-refractivity contribution in [3.05, 3.63) is 261 Å². The number of amides is 4. The van der Waals surface area contributed by atoms with Crippen molar-refractivity contribution in [3.63, 3.8) is 0 Å². The van der Waals surface area contributed by atoms with E-state index in [0.717, 1.165) is 32.1 Å². The van der Waals surface area contributed by atoms with Crippen LogP contribution < -0.4 is 18.9 Å². The smallest absolute Gasteiger partial charge is 0.349 e. The first-order valence-corrected chi connectivity index (χ1v) is 36.6. The molecule has 13 rings (SSSR count). The van der Waals surface area contributed by atoms with Gasteiger partial charge in [-0.15, -0.1) is 0 Å². The summed E-state index contributed by atoms with van der Waals surface area (Å²) in [7, 11) is 0. The van der Waals surface area contributed by atoms with Crippen LogP contribution in [0.25, 0.3) is 43.1 Å². The predicted octanol–water partition coefficient (Wildman–Crippen LogP) is 20.4. The van der Waals surface area contributed by atoms with E-state index in [9.17, 15) is 9.59 Å². The Kier molecular flexibility index (Phi) is 20.5. The van der Waals surface area contributed by atoms with Crippen molar-refractivity contribution in [1.82, 2.24) is 9.80 Å². The van der Waals surface area contributed by atoms with Crippen LogP contribution in [0.2, 0.25) is 0 Å². The molecule has 0 aromatic heterocycles. The zero-order valence-electron chi connectivity index (χ0n) is 62.9. The summed E-state index contributed by atoms with van der Waals surface area (Å²) in [6.07, 6.45) is 0. The van der Waals surface area contributed by atoms with E-state index in [-0.39, 0.29) is 144 Å². The summed E-state index contributed by atoms with van der Waals surface area (Å²) in [4.78, 5) is 123. The monoisotopic (exact) mass is 1510 g/mol. The average molecular weight is 1520 g/mol. The molecule has 2 aliphatic rings. The lowest BCUT2D eigenvalue weighted by molar-refractivity contribution is -0.153. The molecule has 0 fully saturated rings. The maximum absolute atomic E-state index is 16.5. The number of fused-ring (bicyclic) bond motifs is 2. The fourth-order valence-corrected chi connectivity index (χ4v) is 14.0. The molecule has 11 aromatic rings. The van der Waals surface area contributed by atoms with Crippen LogP contribution in [0, 0.1) is 0 Å². The summed E-state index contributed by atoms with van der Waals surface area (Å²) < 4.78 is 51.2. The van der Waals surface area contributed by atoms with Gasteiger partial charge in [-0.2, -0.15) is 0 Å². The van der Waals surface area contributed by atoms with Crippen molar-refractivity contribution < 1.29 is 76.3 Å². The van der Waals surface area contributed by atoms with Gasteiger partial charge >= 0.3 is 23.9 Å². The molecule has 4 amide bonds. The average Bonchev–Trinajstić information content (AvgIpc) is 0.669. The van der Waals surface area contributed by atoms with Gasteiger partial charge in [-0.25, -0.2) is 19.2 Å². The van der Waals surface area contributed by atoms with E-state index in [1.54, 1.807) is 109 Å². The number of benzene rings is 11. The fourth-order valence-electron chi connectivity index (χ4n) is 13.9. The molecule has 0 bridgehead atoms. The number of carbonyl (C=O) groups excluding carboxylic acids is 8. The van der Waals surface area contributed by atoms with Crippen molar-refractivity contribution in [2.75, 3.05) is 26.4 Å². The Labute approximate surface area is 646 Å². The van der Waals surface area contributed by atoms with E-state index in [1.165, 1.54) is 24.3 Å². The van der Waals surface area contributed by atoms with E-state index in [2.05, 4.69) is 96.2 Å². The van der Waals surface area contributed by atoms with Gasteiger partial charge in [-0.1, -0.05) is 229 Å². The van der Waals surface area contributed by atoms with Gasteiger partial charge in [0.25, 0.3) is 23.6 Å². The maximum atomic E-state index is 16.5. The third kappa shape index (κ3) is 14.8. The molecular weight excluding hydrogens is 1440 g/mol. The fraction of sp³-hybridized carbons (Fsp3) is 0.244. The third-order valence-corrected chi connectivity index (χ3v) is 19.8. The Morgan fingerprint density at radius 1 is 0.327 bits per heavy atom. The van der Waals surface area contributed by atoms with Crippen LogP contribution in [-0.2, 0) is 59.8 Å². The standard InChI is InChI=1S/C90H80Cl2N2O16/c1-49(91)83(99)103-41-43-105-85(101)77(51-21-17-15-18-22-51)93-79(95)61-45-65(107-57-33-25-53(26-34-57)87(3,4)5)71-73-67(109-59-37-29-55(30-38-59)89(9,10)11)47-63-70-64(82(98)94(81(63)97)78(52-23-19-16-20-24-52)86(102)106-44-42-104-84(100)50(2)92)48-68(110-60-39-31-56(32-40-60)90(12,13)14)74(76(70)73)72-66(46-62(80(93)96)69(61)75(71)72)108-58-35-27-54(28-36-58)88(6,7)8/h15-40,45-48,77-78H,1-2,41-44H2,3-14H3. The molecule has 2 atom stereocenters. The minimum atomic E-state index is -1.78. The van der Waals surface area contributed by atoms with Crippen LogP contribution in [0.3, 0.4) is 0 Å². The van der Waals surface area contributed by atoms with Gasteiger partial charge in [0.1, 0.15) is 82.5 Å². The second-order valence-electron chi connectivity index (χ2n) is 31.2. The molecule has 2 unspecified atom stereocenters. The zero-order chi connectivity index (χ0) is 78.8. The topological polar surface area (TPSA) is 217 Å². The number of imide groups is 2. The molecule has 18 nitrogen and oxygen atoms in total. The number of nitrogens with zero attached hydrogens (tertiary/aromatic N) is 2. The first-order valence-electron chi connectivity index (χ1n) is 35.8. The lowest BCUT2D eigenvalue weighted by Gasteiger charge is -2.35. The molecule has 0 N–H and O–H groups in total. The van der Waals surface area contributed by atoms with E-state index >= 15 is 28.8 Å². The van der Waals surface area contributed by atoms with Crippen molar-refractivity contribution in [1.29, 1.82) is 0 Å². The van der Waals surface area contributed by atoms with Crippen molar-refractivity contribution in [2.24, 2.45) is 0 Å². The number of ether oxygens (including phenoxy) is 8. The summed E-state index contributed by atoms with van der Waals surface area (Å²) in [6, 6.07) is 48.4. The van der Waals surface area contributed by atoms with Crippen LogP contribution >= 0.6 is 23.2 Å². The number of carbonyl (C=O) groups is 8. The minimum absolute atomic E-state index is 0.0124. The van der Waals surface area contributed by atoms with E-state index in [0.29, 0.717) is 0 Å². The van der Waals surface area contributed by atoms with Crippen molar-refractivity contribution >= 4 is 114 Å². The van der Waals surface area contributed by atoms with E-state index in [1.807, 2.05) is 48.5 Å². The summed E-state index contributed by atoms with van der Waals surface area (Å²) in [5, 5.41) is 0.479. The highest BCUT2D eigenvalue weighted by atomic mass is 35.5. The van der Waals surface area contributed by atoms with Crippen LogP contribution in [0.15, 0.2) is 205 Å². The molecule has 2 heterocycles. The minimum Gasteiger partial charge on any atom is -0.460 e. The van der Waals surface area contributed by atoms with Crippen molar-refractivity contribution in [2.45, 2.75) is 117 Å². The molecule has 20 heteroatoms. The van der Waals surface area contributed by atoms with E-state index < -0.39 is 96.1 Å². The Morgan fingerprint density at radius 2 is 0.555 bits per heavy atom. The maximum Gasteiger partial charge on any atom is 0.349 e. The molecule has 560 valence electrons. The van der Waals surface area contributed by atoms with Gasteiger partial charge in [0.15, 0.2) is 12.1 Å².